The monoisotopic (exact) mass is 327 g/mol. The van der Waals surface area contributed by atoms with Crippen LogP contribution in [0.5, 0.6) is 0 Å². The molecule has 0 radical (unpaired) electrons. The van der Waals surface area contributed by atoms with Gasteiger partial charge < -0.3 is 0 Å². The maximum Gasteiger partial charge on any atom is 0.358 e. The van der Waals surface area contributed by atoms with Gasteiger partial charge in [-0.05, 0) is 43.0 Å². The van der Waals surface area contributed by atoms with Crippen LogP contribution in [0.2, 0.25) is 0 Å². The lowest BCUT2D eigenvalue weighted by atomic mass is 10.0. The zero-order valence-corrected chi connectivity index (χ0v) is 13.6. The number of benzene rings is 2. The molecule has 0 unspecified atom stereocenters. The molecule has 0 fully saturated rings. The summed E-state index contributed by atoms with van der Waals surface area (Å²) in [5.74, 6) is 0. The molecule has 5 heteroatoms. The van der Waals surface area contributed by atoms with Crippen molar-refractivity contribution >= 4 is 21.9 Å². The topological polar surface area (TPSA) is 55.7 Å². The number of rotatable bonds is 4. The molecule has 0 N–H and O–H groups in total. The normalized spacial score (nSPS) is 15.4. The molecule has 0 saturated carbocycles. The largest absolute Gasteiger partial charge is 0.358 e. The van der Waals surface area contributed by atoms with Gasteiger partial charge in [-0.2, -0.15) is 8.42 Å². The third-order valence-electron chi connectivity index (χ3n) is 3.91. The average Bonchev–Trinajstić information content (AvgIpc) is 2.96. The van der Waals surface area contributed by atoms with Crippen molar-refractivity contribution in [2.24, 2.45) is 5.16 Å². The van der Waals surface area contributed by atoms with Crippen LogP contribution in [0.4, 0.5) is 0 Å². The Bertz CT molecular complexity index is 881. The summed E-state index contributed by atoms with van der Waals surface area (Å²) >= 11 is 0. The first-order valence-electron chi connectivity index (χ1n) is 7.33. The quantitative estimate of drug-likeness (QED) is 0.805. The van der Waals surface area contributed by atoms with Crippen LogP contribution in [0, 0.1) is 6.92 Å². The predicted molar refractivity (Wildman–Crippen MR) is 90.8 cm³/mol. The van der Waals surface area contributed by atoms with Gasteiger partial charge >= 0.3 is 10.1 Å². The summed E-state index contributed by atoms with van der Waals surface area (Å²) in [6.45, 7) is 5.69. The molecule has 118 valence electrons. The van der Waals surface area contributed by atoms with Gasteiger partial charge in [0.15, 0.2) is 0 Å². The van der Waals surface area contributed by atoms with Crippen molar-refractivity contribution in [2.75, 3.05) is 0 Å². The first-order chi connectivity index (χ1) is 11.0. The van der Waals surface area contributed by atoms with Gasteiger partial charge in [0.1, 0.15) is 4.90 Å². The number of hydrogen-bond donors (Lipinski definition) is 0. The minimum absolute atomic E-state index is 0.102. The summed E-state index contributed by atoms with van der Waals surface area (Å²) in [5.41, 5.74) is 4.75. The molecule has 23 heavy (non-hydrogen) atoms. The van der Waals surface area contributed by atoms with Gasteiger partial charge in [0.2, 0.25) is 0 Å². The zero-order valence-electron chi connectivity index (χ0n) is 12.8. The summed E-state index contributed by atoms with van der Waals surface area (Å²) in [4.78, 5) is 0.102. The first-order valence-corrected chi connectivity index (χ1v) is 8.74. The molecule has 3 rings (SSSR count). The lowest BCUT2D eigenvalue weighted by molar-refractivity contribution is 0.338. The first kappa shape index (κ1) is 15.5. The van der Waals surface area contributed by atoms with Gasteiger partial charge in [-0.25, -0.2) is 0 Å². The van der Waals surface area contributed by atoms with E-state index in [-0.39, 0.29) is 4.90 Å². The van der Waals surface area contributed by atoms with Crippen LogP contribution in [0.1, 0.15) is 28.7 Å². The molecule has 0 saturated heterocycles. The molecule has 0 amide bonds. The van der Waals surface area contributed by atoms with Gasteiger partial charge in [-0.3, -0.25) is 4.28 Å². The van der Waals surface area contributed by atoms with Crippen LogP contribution in [0.15, 0.2) is 59.1 Å². The van der Waals surface area contributed by atoms with Crippen molar-refractivity contribution in [2.45, 2.75) is 24.7 Å². The van der Waals surface area contributed by atoms with Crippen LogP contribution in [0.25, 0.3) is 6.08 Å². The molecule has 0 bridgehead atoms. The lowest BCUT2D eigenvalue weighted by Gasteiger charge is -2.05. The van der Waals surface area contributed by atoms with E-state index in [0.29, 0.717) is 12.1 Å². The second-order valence-corrected chi connectivity index (χ2v) is 6.99. The Labute approximate surface area is 136 Å². The van der Waals surface area contributed by atoms with E-state index < -0.39 is 10.1 Å². The molecule has 0 heterocycles. The van der Waals surface area contributed by atoms with Gasteiger partial charge in [0.05, 0.1) is 5.71 Å². The Morgan fingerprint density at radius 3 is 2.57 bits per heavy atom. The fraction of sp³-hybridized carbons (Fsp3) is 0.167. The molecule has 4 nitrogen and oxygen atoms in total. The minimum atomic E-state index is -3.89. The minimum Gasteiger partial charge on any atom is -0.264 e. The summed E-state index contributed by atoms with van der Waals surface area (Å²) in [6.07, 6.45) is 3.26. The number of hydrogen-bond acceptors (Lipinski definition) is 4. The maximum atomic E-state index is 12.2. The summed E-state index contributed by atoms with van der Waals surface area (Å²) in [5, 5.41) is 3.90. The predicted octanol–water partition coefficient (Wildman–Crippen LogP) is 3.69. The van der Waals surface area contributed by atoms with E-state index in [1.807, 2.05) is 25.1 Å². The van der Waals surface area contributed by atoms with E-state index in [1.54, 1.807) is 18.2 Å². The molecule has 0 aliphatic heterocycles. The maximum absolute atomic E-state index is 12.2. The third kappa shape index (κ3) is 3.05. The molecule has 0 spiro atoms. The van der Waals surface area contributed by atoms with E-state index in [4.69, 9.17) is 4.28 Å². The number of aryl methyl sites for hydroxylation is 1. The molecule has 0 atom stereocenters. The van der Waals surface area contributed by atoms with Crippen molar-refractivity contribution in [3.05, 3.63) is 71.3 Å². The Morgan fingerprint density at radius 2 is 1.87 bits per heavy atom. The van der Waals surface area contributed by atoms with Crippen molar-refractivity contribution < 1.29 is 12.7 Å². The Kier molecular flexibility index (Phi) is 4.05. The summed E-state index contributed by atoms with van der Waals surface area (Å²) in [7, 11) is -3.89. The molecule has 2 aromatic carbocycles. The SMILES string of the molecule is C=Cc1cccc2c1CCC2=NOS(=O)(=O)c1ccc(C)cc1. The highest BCUT2D eigenvalue weighted by Gasteiger charge is 2.22. The van der Waals surface area contributed by atoms with E-state index in [0.717, 1.165) is 28.7 Å². The van der Waals surface area contributed by atoms with Crippen molar-refractivity contribution in [1.82, 2.24) is 0 Å². The molecular formula is C18H17NO3S. The number of oxime groups is 1. The van der Waals surface area contributed by atoms with Gasteiger partial charge in [0, 0.05) is 5.56 Å². The second-order valence-electron chi connectivity index (χ2n) is 5.46. The Morgan fingerprint density at radius 1 is 1.13 bits per heavy atom. The lowest BCUT2D eigenvalue weighted by Crippen LogP contribution is -2.05. The summed E-state index contributed by atoms with van der Waals surface area (Å²) < 4.78 is 29.3. The number of nitrogens with zero attached hydrogens (tertiary/aromatic N) is 1. The highest BCUT2D eigenvalue weighted by Crippen LogP contribution is 2.27. The zero-order chi connectivity index (χ0) is 16.4. The van der Waals surface area contributed by atoms with Crippen LogP contribution in [-0.2, 0) is 20.8 Å². The standard InChI is InChI=1S/C18H17NO3S/c1-3-14-5-4-6-17-16(14)11-12-18(17)19-22-23(20,21)15-9-7-13(2)8-10-15/h3-10H,1,11-12H2,2H3. The highest BCUT2D eigenvalue weighted by molar-refractivity contribution is 7.86. The van der Waals surface area contributed by atoms with Crippen molar-refractivity contribution in [3.8, 4) is 0 Å². The van der Waals surface area contributed by atoms with Crippen molar-refractivity contribution in [1.29, 1.82) is 0 Å². The molecule has 2 aromatic rings. The molecular weight excluding hydrogens is 310 g/mol. The Hall–Kier alpha value is -2.40. The van der Waals surface area contributed by atoms with E-state index in [9.17, 15) is 8.42 Å². The van der Waals surface area contributed by atoms with Crippen LogP contribution >= 0.6 is 0 Å². The van der Waals surface area contributed by atoms with E-state index in [2.05, 4.69) is 11.7 Å². The fourth-order valence-corrected chi connectivity index (χ4v) is 3.40. The summed E-state index contributed by atoms with van der Waals surface area (Å²) in [6, 6.07) is 12.3. The third-order valence-corrected chi connectivity index (χ3v) is 5.03. The van der Waals surface area contributed by atoms with Crippen molar-refractivity contribution in [3.63, 3.8) is 0 Å². The molecule has 0 aromatic heterocycles. The Balaban J connectivity index is 1.88. The fourth-order valence-electron chi connectivity index (χ4n) is 2.66. The van der Waals surface area contributed by atoms with E-state index in [1.165, 1.54) is 12.1 Å². The molecule has 1 aliphatic rings. The average molecular weight is 327 g/mol. The van der Waals surface area contributed by atoms with E-state index >= 15 is 0 Å². The van der Waals surface area contributed by atoms with Crippen LogP contribution in [0.3, 0.4) is 0 Å². The van der Waals surface area contributed by atoms with Gasteiger partial charge in [-0.1, -0.05) is 53.7 Å². The van der Waals surface area contributed by atoms with Crippen LogP contribution < -0.4 is 0 Å². The second kappa shape index (κ2) is 6.01. The van der Waals surface area contributed by atoms with Gasteiger partial charge in [0.25, 0.3) is 0 Å². The number of fused-ring (bicyclic) bond motifs is 1. The highest BCUT2D eigenvalue weighted by atomic mass is 32.2. The van der Waals surface area contributed by atoms with Crippen LogP contribution in [-0.4, -0.2) is 14.1 Å². The smallest absolute Gasteiger partial charge is 0.264 e. The molecule has 1 aliphatic carbocycles. The van der Waals surface area contributed by atoms with Gasteiger partial charge in [-0.15, -0.1) is 0 Å².